The highest BCUT2D eigenvalue weighted by Gasteiger charge is 2.34. The van der Waals surface area contributed by atoms with Crippen molar-refractivity contribution in [1.29, 1.82) is 5.26 Å². The fraction of sp³-hybridized carbons (Fsp3) is 0.235. The summed E-state index contributed by atoms with van der Waals surface area (Å²) in [5.41, 5.74) is -1.33. The summed E-state index contributed by atoms with van der Waals surface area (Å²) < 4.78 is 39.0. The van der Waals surface area contributed by atoms with Crippen LogP contribution >= 0.6 is 0 Å². The van der Waals surface area contributed by atoms with E-state index in [2.05, 4.69) is 0 Å². The number of hydrogen-bond acceptors (Lipinski definition) is 3. The van der Waals surface area contributed by atoms with Crippen LogP contribution in [-0.2, 0) is 24.1 Å². The fourth-order valence-electron chi connectivity index (χ4n) is 2.19. The van der Waals surface area contributed by atoms with E-state index >= 15 is 0 Å². The highest BCUT2D eigenvalue weighted by atomic mass is 19.4. The predicted octanol–water partition coefficient (Wildman–Crippen LogP) is 2.40. The van der Waals surface area contributed by atoms with Crippen molar-refractivity contribution < 1.29 is 18.0 Å². The second-order valence-electron chi connectivity index (χ2n) is 5.41. The Morgan fingerprint density at radius 2 is 1.88 bits per heavy atom. The van der Waals surface area contributed by atoms with Crippen molar-refractivity contribution in [2.75, 3.05) is 7.05 Å². The Hall–Kier alpha value is -3.08. The van der Waals surface area contributed by atoms with Crippen LogP contribution in [0.4, 0.5) is 13.2 Å². The molecule has 0 atom stereocenters. The Morgan fingerprint density at radius 1 is 1.24 bits per heavy atom. The van der Waals surface area contributed by atoms with E-state index in [0.717, 1.165) is 22.4 Å². The number of amides is 1. The van der Waals surface area contributed by atoms with E-state index < -0.39 is 29.8 Å². The summed E-state index contributed by atoms with van der Waals surface area (Å²) in [7, 11) is 1.49. The van der Waals surface area contributed by atoms with Gasteiger partial charge in [0.05, 0.1) is 11.6 Å². The molecule has 0 saturated heterocycles. The minimum absolute atomic E-state index is 0.207. The van der Waals surface area contributed by atoms with Gasteiger partial charge in [0, 0.05) is 19.8 Å². The molecule has 0 spiro atoms. The smallest absolute Gasteiger partial charge is 0.340 e. The van der Waals surface area contributed by atoms with Crippen LogP contribution in [-0.4, -0.2) is 22.4 Å². The number of hydrogen-bond donors (Lipinski definition) is 0. The molecule has 0 N–H and O–H groups in total. The molecule has 0 fully saturated rings. The lowest BCUT2D eigenvalue weighted by atomic mass is 10.1. The second kappa shape index (κ2) is 7.21. The Kier molecular flexibility index (Phi) is 5.27. The van der Waals surface area contributed by atoms with E-state index in [0.29, 0.717) is 11.6 Å². The van der Waals surface area contributed by atoms with E-state index in [-0.39, 0.29) is 6.54 Å². The molecule has 0 aliphatic carbocycles. The summed E-state index contributed by atoms with van der Waals surface area (Å²) in [6, 6.07) is 10.3. The van der Waals surface area contributed by atoms with Gasteiger partial charge in [0.2, 0.25) is 5.91 Å². The van der Waals surface area contributed by atoms with Crippen LogP contribution in [0.2, 0.25) is 0 Å². The van der Waals surface area contributed by atoms with E-state index in [1.54, 1.807) is 24.3 Å². The van der Waals surface area contributed by atoms with Crippen LogP contribution in [0, 0.1) is 11.3 Å². The molecule has 2 rings (SSSR count). The summed E-state index contributed by atoms with van der Waals surface area (Å²) in [5, 5.41) is 8.74. The molecule has 0 saturated carbocycles. The van der Waals surface area contributed by atoms with Gasteiger partial charge in [0.1, 0.15) is 12.1 Å². The fourth-order valence-corrected chi connectivity index (χ4v) is 2.19. The van der Waals surface area contributed by atoms with Crippen LogP contribution in [0.1, 0.15) is 16.7 Å². The molecule has 0 radical (unpaired) electrons. The van der Waals surface area contributed by atoms with Crippen molar-refractivity contribution in [1.82, 2.24) is 9.47 Å². The molecule has 0 aliphatic rings. The number of likely N-dealkylation sites (N-methyl/N-ethyl adjacent to an activating group) is 1. The monoisotopic (exact) mass is 349 g/mol. The lowest BCUT2D eigenvalue weighted by molar-refractivity contribution is -0.139. The number of rotatable bonds is 4. The van der Waals surface area contributed by atoms with E-state index in [4.69, 9.17) is 5.26 Å². The molecule has 2 aromatic rings. The largest absolute Gasteiger partial charge is 0.421 e. The molecule has 1 aromatic heterocycles. The first-order chi connectivity index (χ1) is 11.7. The third-order valence-electron chi connectivity index (χ3n) is 3.56. The van der Waals surface area contributed by atoms with Crippen LogP contribution in [0.3, 0.4) is 0 Å². The highest BCUT2D eigenvalue weighted by molar-refractivity contribution is 5.75. The van der Waals surface area contributed by atoms with E-state index in [1.165, 1.54) is 11.9 Å². The predicted molar refractivity (Wildman–Crippen MR) is 83.3 cm³/mol. The minimum Gasteiger partial charge on any atom is -0.340 e. The number of pyridine rings is 1. The molecule has 0 aliphatic heterocycles. The summed E-state index contributed by atoms with van der Waals surface area (Å²) in [6.07, 6.45) is -3.62. The number of nitrogens with zero attached hydrogens (tertiary/aromatic N) is 3. The number of aromatic nitrogens is 1. The van der Waals surface area contributed by atoms with Crippen LogP contribution in [0.5, 0.6) is 0 Å². The van der Waals surface area contributed by atoms with Gasteiger partial charge >= 0.3 is 6.18 Å². The first kappa shape index (κ1) is 18.3. The number of halogens is 3. The maximum atomic E-state index is 12.7. The van der Waals surface area contributed by atoms with Crippen molar-refractivity contribution in [2.45, 2.75) is 19.3 Å². The molecule has 130 valence electrons. The van der Waals surface area contributed by atoms with Gasteiger partial charge in [-0.05, 0) is 29.8 Å². The molecule has 25 heavy (non-hydrogen) atoms. The topological polar surface area (TPSA) is 66.1 Å². The molecule has 5 nitrogen and oxygen atoms in total. The number of benzene rings is 1. The van der Waals surface area contributed by atoms with Crippen LogP contribution in [0.25, 0.3) is 0 Å². The van der Waals surface area contributed by atoms with Gasteiger partial charge in [-0.3, -0.25) is 9.59 Å². The lowest BCUT2D eigenvalue weighted by Gasteiger charge is -2.18. The average molecular weight is 349 g/mol. The highest BCUT2D eigenvalue weighted by Crippen LogP contribution is 2.25. The van der Waals surface area contributed by atoms with Crippen molar-refractivity contribution in [3.05, 3.63) is 69.6 Å². The average Bonchev–Trinajstić information content (AvgIpc) is 2.56. The van der Waals surface area contributed by atoms with E-state index in [1.807, 2.05) is 6.07 Å². The lowest BCUT2D eigenvalue weighted by Crippen LogP contribution is -2.35. The first-order valence-corrected chi connectivity index (χ1v) is 7.22. The SMILES string of the molecule is CN(Cc1ccc(C#N)cc1)C(=O)Cn1cccc(C(F)(F)F)c1=O. The van der Waals surface area contributed by atoms with Gasteiger partial charge in [-0.1, -0.05) is 12.1 Å². The number of carbonyl (C=O) groups is 1. The third-order valence-corrected chi connectivity index (χ3v) is 3.56. The maximum Gasteiger partial charge on any atom is 0.421 e. The van der Waals surface area contributed by atoms with Gasteiger partial charge < -0.3 is 9.47 Å². The Balaban J connectivity index is 2.11. The zero-order valence-corrected chi connectivity index (χ0v) is 13.2. The molecule has 1 amide bonds. The molecule has 1 heterocycles. The molecule has 0 unspecified atom stereocenters. The van der Waals surface area contributed by atoms with Gasteiger partial charge in [-0.25, -0.2) is 0 Å². The molecule has 0 bridgehead atoms. The van der Waals surface area contributed by atoms with Crippen LogP contribution in [0.15, 0.2) is 47.4 Å². The zero-order chi connectivity index (χ0) is 18.6. The molecule has 8 heteroatoms. The standard InChI is InChI=1S/C17H14F3N3O2/c1-22(10-13-6-4-12(9-21)5-7-13)15(24)11-23-8-2-3-14(16(23)25)17(18,19)20/h2-8H,10-11H2,1H3. The quantitative estimate of drug-likeness (QED) is 0.851. The summed E-state index contributed by atoms with van der Waals surface area (Å²) in [6.45, 7) is -0.284. The normalized spacial score (nSPS) is 11.0. The summed E-state index contributed by atoms with van der Waals surface area (Å²) in [4.78, 5) is 25.3. The van der Waals surface area contributed by atoms with E-state index in [9.17, 15) is 22.8 Å². The third kappa shape index (κ3) is 4.47. The van der Waals surface area contributed by atoms with Gasteiger partial charge in [0.25, 0.3) is 5.56 Å². The number of nitriles is 1. The van der Waals surface area contributed by atoms with Crippen LogP contribution < -0.4 is 5.56 Å². The maximum absolute atomic E-state index is 12.7. The van der Waals surface area contributed by atoms with Gasteiger partial charge in [-0.2, -0.15) is 18.4 Å². The Labute approximate surface area is 141 Å². The Morgan fingerprint density at radius 3 is 2.44 bits per heavy atom. The van der Waals surface area contributed by atoms with Crippen molar-refractivity contribution in [3.8, 4) is 6.07 Å². The second-order valence-corrected chi connectivity index (χ2v) is 5.41. The van der Waals surface area contributed by atoms with Gasteiger partial charge in [-0.15, -0.1) is 0 Å². The first-order valence-electron chi connectivity index (χ1n) is 7.22. The Bertz CT molecular complexity index is 864. The van der Waals surface area contributed by atoms with Gasteiger partial charge in [0.15, 0.2) is 0 Å². The van der Waals surface area contributed by atoms with Crippen molar-refractivity contribution >= 4 is 5.91 Å². The minimum atomic E-state index is -4.77. The zero-order valence-electron chi connectivity index (χ0n) is 13.2. The summed E-state index contributed by atoms with van der Waals surface area (Å²) in [5.74, 6) is -0.509. The molecular weight excluding hydrogens is 335 g/mol. The van der Waals surface area contributed by atoms with Crippen molar-refractivity contribution in [2.24, 2.45) is 0 Å². The number of carbonyl (C=O) groups excluding carboxylic acids is 1. The number of alkyl halides is 3. The molecule has 1 aromatic carbocycles. The molecular formula is C17H14F3N3O2. The summed E-state index contributed by atoms with van der Waals surface area (Å²) >= 11 is 0. The van der Waals surface area contributed by atoms with Crippen molar-refractivity contribution in [3.63, 3.8) is 0 Å².